The number of rotatable bonds is 2. The van der Waals surface area contributed by atoms with Crippen LogP contribution in [0.2, 0.25) is 0 Å². The quantitative estimate of drug-likeness (QED) is 0.783. The average Bonchev–Trinajstić information content (AvgIpc) is 2.29. The van der Waals surface area contributed by atoms with E-state index in [0.717, 1.165) is 37.4 Å². The van der Waals surface area contributed by atoms with Crippen molar-refractivity contribution >= 4 is 15.7 Å². The fourth-order valence-electron chi connectivity index (χ4n) is 2.07. The first-order chi connectivity index (χ1) is 7.98. The second kappa shape index (κ2) is 4.64. The molecule has 2 rings (SSSR count). The van der Waals surface area contributed by atoms with Gasteiger partial charge in [0.25, 0.3) is 0 Å². The van der Waals surface area contributed by atoms with E-state index in [1.807, 2.05) is 13.0 Å². The molecule has 0 radical (unpaired) electrons. The van der Waals surface area contributed by atoms with E-state index in [2.05, 4.69) is 10.2 Å². The van der Waals surface area contributed by atoms with Gasteiger partial charge in [0, 0.05) is 31.9 Å². The number of piperazine rings is 1. The Morgan fingerprint density at radius 2 is 1.94 bits per heavy atom. The zero-order chi connectivity index (χ0) is 12.5. The second-order valence-electron chi connectivity index (χ2n) is 4.23. The Morgan fingerprint density at radius 1 is 1.29 bits per heavy atom. The van der Waals surface area contributed by atoms with E-state index in [1.54, 1.807) is 12.1 Å². The van der Waals surface area contributed by atoms with E-state index in [-0.39, 0.29) is 4.90 Å². The number of primary sulfonamides is 1. The third kappa shape index (κ3) is 2.77. The van der Waals surface area contributed by atoms with Crippen molar-refractivity contribution in [2.24, 2.45) is 5.14 Å². The van der Waals surface area contributed by atoms with Crippen LogP contribution in [0.25, 0.3) is 0 Å². The summed E-state index contributed by atoms with van der Waals surface area (Å²) in [6.07, 6.45) is 0. The topological polar surface area (TPSA) is 75.4 Å². The van der Waals surface area contributed by atoms with Crippen LogP contribution in [0.3, 0.4) is 0 Å². The summed E-state index contributed by atoms with van der Waals surface area (Å²) in [4.78, 5) is 2.42. The van der Waals surface area contributed by atoms with Crippen LogP contribution in [-0.2, 0) is 10.0 Å². The first-order valence-electron chi connectivity index (χ1n) is 5.57. The number of nitrogens with zero attached hydrogens (tertiary/aromatic N) is 1. The van der Waals surface area contributed by atoms with Gasteiger partial charge in [-0.2, -0.15) is 0 Å². The van der Waals surface area contributed by atoms with Gasteiger partial charge < -0.3 is 10.2 Å². The summed E-state index contributed by atoms with van der Waals surface area (Å²) in [5, 5.41) is 8.38. The van der Waals surface area contributed by atoms with Gasteiger partial charge in [0.05, 0.1) is 4.90 Å². The van der Waals surface area contributed by atoms with E-state index >= 15 is 0 Å². The standard InChI is InChI=1S/C11H17N3O2S/c1-9-8-10(17(12,15)16)2-3-11(9)14-6-4-13-5-7-14/h2-3,8,13H,4-7H2,1H3,(H2,12,15,16). The highest BCUT2D eigenvalue weighted by Crippen LogP contribution is 2.23. The van der Waals surface area contributed by atoms with Crippen LogP contribution in [0, 0.1) is 6.92 Å². The lowest BCUT2D eigenvalue weighted by Gasteiger charge is -2.30. The number of benzene rings is 1. The summed E-state index contributed by atoms with van der Waals surface area (Å²) in [5.74, 6) is 0. The Bertz CT molecular complexity index is 507. The summed E-state index contributed by atoms with van der Waals surface area (Å²) in [6.45, 7) is 5.70. The molecule has 1 aliphatic rings. The molecule has 0 aliphatic carbocycles. The molecule has 1 aromatic carbocycles. The van der Waals surface area contributed by atoms with Gasteiger partial charge in [0.2, 0.25) is 10.0 Å². The van der Waals surface area contributed by atoms with Crippen molar-refractivity contribution in [3.05, 3.63) is 23.8 Å². The molecule has 5 nitrogen and oxygen atoms in total. The first kappa shape index (κ1) is 12.3. The molecule has 94 valence electrons. The Kier molecular flexibility index (Phi) is 3.37. The van der Waals surface area contributed by atoms with Gasteiger partial charge in [-0.3, -0.25) is 0 Å². The number of hydrogen-bond acceptors (Lipinski definition) is 4. The lowest BCUT2D eigenvalue weighted by molar-refractivity contribution is 0.587. The number of anilines is 1. The van der Waals surface area contributed by atoms with Crippen LogP contribution < -0.4 is 15.4 Å². The van der Waals surface area contributed by atoms with Crippen molar-refractivity contribution < 1.29 is 8.42 Å². The van der Waals surface area contributed by atoms with Gasteiger partial charge in [0.1, 0.15) is 0 Å². The van der Waals surface area contributed by atoms with Crippen molar-refractivity contribution in [2.45, 2.75) is 11.8 Å². The molecule has 6 heteroatoms. The van der Waals surface area contributed by atoms with Crippen LogP contribution >= 0.6 is 0 Å². The average molecular weight is 255 g/mol. The highest BCUT2D eigenvalue weighted by Gasteiger charge is 2.15. The predicted octanol–water partition coefficient (Wildman–Crippen LogP) is 0.0520. The summed E-state index contributed by atoms with van der Waals surface area (Å²) in [5.41, 5.74) is 2.03. The number of hydrogen-bond donors (Lipinski definition) is 2. The molecule has 1 aromatic rings. The minimum absolute atomic E-state index is 0.175. The fourth-order valence-corrected chi connectivity index (χ4v) is 2.66. The molecule has 0 aromatic heterocycles. The number of nitrogens with one attached hydrogen (secondary N) is 1. The van der Waals surface area contributed by atoms with Crippen LogP contribution in [0.15, 0.2) is 23.1 Å². The molecule has 0 saturated carbocycles. The zero-order valence-corrected chi connectivity index (χ0v) is 10.6. The first-order valence-corrected chi connectivity index (χ1v) is 7.12. The highest BCUT2D eigenvalue weighted by atomic mass is 32.2. The number of nitrogens with two attached hydrogens (primary N) is 1. The van der Waals surface area contributed by atoms with Gasteiger partial charge in [-0.15, -0.1) is 0 Å². The molecule has 1 aliphatic heterocycles. The van der Waals surface area contributed by atoms with E-state index in [0.29, 0.717) is 0 Å². The molecular formula is C11H17N3O2S. The SMILES string of the molecule is Cc1cc(S(N)(=O)=O)ccc1N1CCNCC1. The second-order valence-corrected chi connectivity index (χ2v) is 5.79. The van der Waals surface area contributed by atoms with E-state index in [1.165, 1.54) is 0 Å². The molecule has 0 atom stereocenters. The minimum Gasteiger partial charge on any atom is -0.369 e. The van der Waals surface area contributed by atoms with E-state index < -0.39 is 10.0 Å². The number of sulfonamides is 1. The lowest BCUT2D eigenvalue weighted by Crippen LogP contribution is -2.43. The van der Waals surface area contributed by atoms with Gasteiger partial charge >= 0.3 is 0 Å². The summed E-state index contributed by atoms with van der Waals surface area (Å²) >= 11 is 0. The molecule has 0 amide bonds. The molecule has 1 fully saturated rings. The smallest absolute Gasteiger partial charge is 0.238 e. The van der Waals surface area contributed by atoms with Crippen molar-refractivity contribution in [1.82, 2.24) is 5.32 Å². The molecule has 0 spiro atoms. The maximum absolute atomic E-state index is 11.2. The van der Waals surface area contributed by atoms with Crippen molar-refractivity contribution in [3.63, 3.8) is 0 Å². The van der Waals surface area contributed by atoms with Crippen molar-refractivity contribution in [2.75, 3.05) is 31.1 Å². The molecule has 17 heavy (non-hydrogen) atoms. The molecule has 1 saturated heterocycles. The van der Waals surface area contributed by atoms with Gasteiger partial charge in [0.15, 0.2) is 0 Å². The predicted molar refractivity (Wildman–Crippen MR) is 67.6 cm³/mol. The fraction of sp³-hybridized carbons (Fsp3) is 0.455. The lowest BCUT2D eigenvalue weighted by atomic mass is 10.1. The van der Waals surface area contributed by atoms with E-state index in [9.17, 15) is 8.42 Å². The van der Waals surface area contributed by atoms with Gasteiger partial charge in [-0.1, -0.05) is 0 Å². The molecule has 0 unspecified atom stereocenters. The van der Waals surface area contributed by atoms with Crippen LogP contribution in [0.4, 0.5) is 5.69 Å². The molecule has 1 heterocycles. The van der Waals surface area contributed by atoms with Crippen LogP contribution in [-0.4, -0.2) is 34.6 Å². The maximum Gasteiger partial charge on any atom is 0.238 e. The molecule has 3 N–H and O–H groups in total. The minimum atomic E-state index is -3.60. The highest BCUT2D eigenvalue weighted by molar-refractivity contribution is 7.89. The van der Waals surface area contributed by atoms with Crippen LogP contribution in [0.5, 0.6) is 0 Å². The summed E-state index contributed by atoms with van der Waals surface area (Å²) in [6, 6.07) is 5.03. The van der Waals surface area contributed by atoms with Gasteiger partial charge in [-0.25, -0.2) is 13.6 Å². The number of aryl methyl sites for hydroxylation is 1. The summed E-state index contributed by atoms with van der Waals surface area (Å²) < 4.78 is 22.5. The van der Waals surface area contributed by atoms with E-state index in [4.69, 9.17) is 5.14 Å². The maximum atomic E-state index is 11.2. The monoisotopic (exact) mass is 255 g/mol. The largest absolute Gasteiger partial charge is 0.369 e. The Labute approximate surface area is 102 Å². The van der Waals surface area contributed by atoms with Gasteiger partial charge in [-0.05, 0) is 30.7 Å². The normalized spacial score (nSPS) is 17.2. The summed E-state index contributed by atoms with van der Waals surface area (Å²) in [7, 11) is -3.60. The Balaban J connectivity index is 2.31. The third-order valence-corrected chi connectivity index (χ3v) is 3.87. The van der Waals surface area contributed by atoms with Crippen molar-refractivity contribution in [1.29, 1.82) is 0 Å². The van der Waals surface area contributed by atoms with Crippen molar-refractivity contribution in [3.8, 4) is 0 Å². The Hall–Kier alpha value is -1.11. The third-order valence-electron chi connectivity index (χ3n) is 2.95. The molecular weight excluding hydrogens is 238 g/mol. The zero-order valence-electron chi connectivity index (χ0n) is 9.81. The van der Waals surface area contributed by atoms with Crippen LogP contribution in [0.1, 0.15) is 5.56 Å². The Morgan fingerprint density at radius 3 is 2.47 bits per heavy atom. The molecule has 0 bridgehead atoms.